The Kier molecular flexibility index (Phi) is 25.2. The molecule has 0 amide bonds. The molecule has 0 spiro atoms. The Bertz CT molecular complexity index is 5380. The summed E-state index contributed by atoms with van der Waals surface area (Å²) in [5.74, 6) is -16.1. The number of carbonyl (C=O) groups is 4. The standard InChI is InChI=1S/C31H30O4.C31H28O4.C30H27F7O6/c2*1-5-18-31(4,35-30(32)20(2)3)21-14-16-22(17-15-21)33-28-19-27-25-12-7-6-10-23(25)24-11-8-9-13-26(24)29(27)34-28;1-6-11-30(5,43-28(38)14(2)3)16-7-9-17(10-8-16)42-15(4)40-12-13-41-29(39)20-21(31)18-19(22(32)25(20)35)24(34)27(37)26(36)23(18)33/h6-17,28H,2,5,18-19H2,1,3-4H3;5-17,28H,1-2,18-19H2,3-4H3;7-10,15H,2,6,11-13H2,1,3-5H3. The van der Waals surface area contributed by atoms with E-state index in [9.17, 15) is 49.9 Å². The highest BCUT2D eigenvalue weighted by Gasteiger charge is 2.38. The summed E-state index contributed by atoms with van der Waals surface area (Å²) < 4.78 is 157. The van der Waals surface area contributed by atoms with Gasteiger partial charge in [-0.3, -0.25) is 0 Å². The van der Waals surface area contributed by atoms with E-state index in [1.54, 1.807) is 58.0 Å². The number of esters is 4. The zero-order valence-corrected chi connectivity index (χ0v) is 64.0. The Balaban J connectivity index is 0.000000168. The summed E-state index contributed by atoms with van der Waals surface area (Å²) in [5.41, 5.74) is 1.61. The van der Waals surface area contributed by atoms with Crippen molar-refractivity contribution in [3.8, 4) is 28.7 Å². The van der Waals surface area contributed by atoms with Crippen molar-refractivity contribution in [2.45, 2.75) is 143 Å². The van der Waals surface area contributed by atoms with Crippen molar-refractivity contribution in [1.82, 2.24) is 0 Å². The van der Waals surface area contributed by atoms with Crippen molar-refractivity contribution in [2.24, 2.45) is 0 Å². The largest absolute Gasteiger partial charge is 0.465 e. The van der Waals surface area contributed by atoms with Gasteiger partial charge in [0.05, 0.1) is 30.2 Å². The molecule has 2 aliphatic heterocycles. The molecule has 0 bridgehead atoms. The summed E-state index contributed by atoms with van der Waals surface area (Å²) in [6.07, 6.45) is 4.67. The third-order valence-electron chi connectivity index (χ3n) is 19.6. The molecular formula is C92H85F7O14. The summed E-state index contributed by atoms with van der Waals surface area (Å²) in [6.45, 7) is 29.7. The summed E-state index contributed by atoms with van der Waals surface area (Å²) in [5, 5.41) is 5.79. The number of hydrogen-bond donors (Lipinski definition) is 0. The van der Waals surface area contributed by atoms with Crippen LogP contribution in [-0.2, 0) is 67.7 Å². The molecule has 14 nitrogen and oxygen atoms in total. The van der Waals surface area contributed by atoms with E-state index in [4.69, 9.17) is 42.6 Å². The molecule has 21 heteroatoms. The number of hydrogen-bond acceptors (Lipinski definition) is 14. The number of halogens is 7. The minimum Gasteiger partial charge on any atom is -0.465 e. The maximum Gasteiger partial charge on any atom is 0.344 e. The number of rotatable bonds is 26. The SMILES string of the molecule is C=C(C)C(=O)OC(C)(CCC)c1ccc(OC(C)OCCOC(=O)c2c(F)c(F)c3c(F)c(F)c(F)c(F)c3c2F)cc1.C=C(C)C(=O)OC(C)(CCC)c1ccc(OC2Cc3c(c4ccccc4c4ccccc34)O2)cc1.C=CCC(C)(OC(=O)C(=C)C)c1ccc(OC2Cc3c(c4ccccc4c4ccccc34)O2)cc1. The molecule has 6 atom stereocenters. The van der Waals surface area contributed by atoms with Crippen LogP contribution in [0, 0.1) is 40.7 Å². The van der Waals surface area contributed by atoms with Gasteiger partial charge in [-0.15, -0.1) is 6.58 Å². The van der Waals surface area contributed by atoms with E-state index in [0.717, 1.165) is 46.2 Å². The van der Waals surface area contributed by atoms with Crippen LogP contribution < -0.4 is 23.7 Å². The van der Waals surface area contributed by atoms with Gasteiger partial charge in [0.15, 0.2) is 47.0 Å². The first-order chi connectivity index (χ1) is 53.9. The zero-order chi connectivity index (χ0) is 81.4. The van der Waals surface area contributed by atoms with Crippen LogP contribution in [0.2, 0.25) is 0 Å². The summed E-state index contributed by atoms with van der Waals surface area (Å²) >= 11 is 0. The lowest BCUT2D eigenvalue weighted by atomic mass is 9.91. The van der Waals surface area contributed by atoms with Crippen molar-refractivity contribution in [1.29, 1.82) is 0 Å². The predicted octanol–water partition coefficient (Wildman–Crippen LogP) is 22.3. The van der Waals surface area contributed by atoms with Gasteiger partial charge in [-0.05, 0) is 147 Å². The van der Waals surface area contributed by atoms with E-state index in [2.05, 4.69) is 123 Å². The molecule has 0 radical (unpaired) electrons. The van der Waals surface area contributed by atoms with Crippen LogP contribution in [0.5, 0.6) is 28.7 Å². The lowest BCUT2D eigenvalue weighted by Crippen LogP contribution is -2.29. The number of carbonyl (C=O) groups excluding carboxylic acids is 4. The first-order valence-electron chi connectivity index (χ1n) is 36.8. The summed E-state index contributed by atoms with van der Waals surface area (Å²) in [4.78, 5) is 48.8. The molecule has 586 valence electrons. The zero-order valence-electron chi connectivity index (χ0n) is 64.0. The lowest BCUT2D eigenvalue weighted by molar-refractivity contribution is -0.156. The van der Waals surface area contributed by atoms with Crippen molar-refractivity contribution >= 4 is 77.7 Å². The van der Waals surface area contributed by atoms with Crippen LogP contribution in [0.3, 0.4) is 0 Å². The number of fused-ring (bicyclic) bond motifs is 13. The Morgan fingerprint density at radius 2 is 0.788 bits per heavy atom. The highest BCUT2D eigenvalue weighted by Crippen LogP contribution is 2.46. The average molecular weight is 1550 g/mol. The van der Waals surface area contributed by atoms with Crippen LogP contribution in [0.25, 0.3) is 53.9 Å². The monoisotopic (exact) mass is 1550 g/mol. The second-order valence-electron chi connectivity index (χ2n) is 28.3. The van der Waals surface area contributed by atoms with Gasteiger partial charge in [0.1, 0.15) is 57.7 Å². The number of benzene rings is 11. The molecule has 0 saturated carbocycles. The highest BCUT2D eigenvalue weighted by atomic mass is 19.2. The highest BCUT2D eigenvalue weighted by molar-refractivity contribution is 6.13. The van der Waals surface area contributed by atoms with Gasteiger partial charge in [-0.25, -0.2) is 49.9 Å². The van der Waals surface area contributed by atoms with Gasteiger partial charge in [0.2, 0.25) is 12.6 Å². The maximum absolute atomic E-state index is 14.8. The quantitative estimate of drug-likeness (QED) is 0.00481. The van der Waals surface area contributed by atoms with Gasteiger partial charge < -0.3 is 47.4 Å². The van der Waals surface area contributed by atoms with E-state index >= 15 is 0 Å². The van der Waals surface area contributed by atoms with Crippen LogP contribution in [0.4, 0.5) is 30.7 Å². The van der Waals surface area contributed by atoms with E-state index in [0.29, 0.717) is 66.1 Å². The number of ether oxygens (including phenoxy) is 10. The maximum atomic E-state index is 14.8. The van der Waals surface area contributed by atoms with Crippen LogP contribution >= 0.6 is 0 Å². The molecule has 2 aliphatic rings. The molecule has 2 heterocycles. The van der Waals surface area contributed by atoms with Crippen molar-refractivity contribution in [3.63, 3.8) is 0 Å². The van der Waals surface area contributed by atoms with Crippen LogP contribution in [0.15, 0.2) is 219 Å². The van der Waals surface area contributed by atoms with E-state index in [1.165, 1.54) is 50.4 Å². The summed E-state index contributed by atoms with van der Waals surface area (Å²) in [6, 6.07) is 55.5. The van der Waals surface area contributed by atoms with E-state index in [1.807, 2.05) is 81.4 Å². The minimum absolute atomic E-state index is 0.259. The smallest absolute Gasteiger partial charge is 0.344 e. The van der Waals surface area contributed by atoms with Gasteiger partial charge in [0.25, 0.3) is 0 Å². The molecule has 13 rings (SSSR count). The molecule has 11 aromatic carbocycles. The molecule has 0 aliphatic carbocycles. The first-order valence-corrected chi connectivity index (χ1v) is 36.8. The Hall–Kier alpha value is -12.0. The van der Waals surface area contributed by atoms with Crippen molar-refractivity contribution in [3.05, 3.63) is 293 Å². The van der Waals surface area contributed by atoms with Crippen molar-refractivity contribution < 1.29 is 97.3 Å². The van der Waals surface area contributed by atoms with Crippen LogP contribution in [0.1, 0.15) is 133 Å². The first kappa shape index (κ1) is 82.0. The molecule has 11 aromatic rings. The fourth-order valence-corrected chi connectivity index (χ4v) is 14.0. The molecule has 0 aromatic heterocycles. The molecule has 6 unspecified atom stereocenters. The Morgan fingerprint density at radius 3 is 1.17 bits per heavy atom. The minimum atomic E-state index is -2.48. The Labute approximate surface area is 649 Å². The van der Waals surface area contributed by atoms with Crippen molar-refractivity contribution in [2.75, 3.05) is 13.2 Å². The second-order valence-corrected chi connectivity index (χ2v) is 28.3. The van der Waals surface area contributed by atoms with Gasteiger partial charge in [-0.1, -0.05) is 186 Å². The van der Waals surface area contributed by atoms with Gasteiger partial charge in [-0.2, -0.15) is 0 Å². The molecule has 0 saturated heterocycles. The molecular weight excluding hydrogens is 1460 g/mol. The summed E-state index contributed by atoms with van der Waals surface area (Å²) in [7, 11) is 0. The molecule has 113 heavy (non-hydrogen) atoms. The van der Waals surface area contributed by atoms with Gasteiger partial charge >= 0.3 is 23.9 Å². The van der Waals surface area contributed by atoms with E-state index in [-0.39, 0.29) is 11.5 Å². The van der Waals surface area contributed by atoms with Crippen LogP contribution in [-0.4, -0.2) is 56.0 Å². The predicted molar refractivity (Wildman–Crippen MR) is 419 cm³/mol. The fraction of sp³-hybridized carbons (Fsp3) is 0.261. The third kappa shape index (κ3) is 17.6. The van der Waals surface area contributed by atoms with Gasteiger partial charge in [0, 0.05) is 45.0 Å². The normalized spacial score (nSPS) is 15.2. The lowest BCUT2D eigenvalue weighted by Gasteiger charge is -2.30. The topological polar surface area (TPSA) is 161 Å². The van der Waals surface area contributed by atoms with E-state index < -0.39 is 124 Å². The Morgan fingerprint density at radius 1 is 0.451 bits per heavy atom. The average Bonchev–Trinajstić information content (AvgIpc) is 1.53. The molecule has 0 N–H and O–H groups in total. The third-order valence-corrected chi connectivity index (χ3v) is 19.6. The fourth-order valence-electron chi connectivity index (χ4n) is 14.0. The molecule has 0 fully saturated rings. The second kappa shape index (κ2) is 34.7.